The van der Waals surface area contributed by atoms with Gasteiger partial charge >= 0.3 is 5.97 Å². The molecule has 0 bridgehead atoms. The molecule has 0 saturated heterocycles. The Balaban J connectivity index is 2.07. The highest BCUT2D eigenvalue weighted by atomic mass is 16.5. The van der Waals surface area contributed by atoms with Gasteiger partial charge in [-0.3, -0.25) is 9.59 Å². The lowest BCUT2D eigenvalue weighted by Gasteiger charge is -2.30. The Kier molecular flexibility index (Phi) is 2.97. The molecule has 3 heteroatoms. The SMILES string of the molecule is Cc1cccc([C@H]2CC(=O)OC3=C2CCCC3=O)c1. The highest BCUT2D eigenvalue weighted by molar-refractivity contribution is 5.98. The van der Waals surface area contributed by atoms with Gasteiger partial charge < -0.3 is 4.74 Å². The van der Waals surface area contributed by atoms with E-state index in [2.05, 4.69) is 6.07 Å². The number of Topliss-reactive ketones (excluding diaryl/α,β-unsaturated/α-hetero) is 1. The molecular formula is C16H16O3. The molecule has 0 spiro atoms. The zero-order chi connectivity index (χ0) is 13.4. The van der Waals surface area contributed by atoms with E-state index < -0.39 is 0 Å². The average Bonchev–Trinajstić information content (AvgIpc) is 2.39. The summed E-state index contributed by atoms with van der Waals surface area (Å²) >= 11 is 0. The summed E-state index contributed by atoms with van der Waals surface area (Å²) in [5.41, 5.74) is 3.29. The third-order valence-corrected chi connectivity index (χ3v) is 3.85. The zero-order valence-electron chi connectivity index (χ0n) is 10.9. The van der Waals surface area contributed by atoms with Gasteiger partial charge in [0, 0.05) is 12.3 Å². The second-order valence-electron chi connectivity index (χ2n) is 5.28. The number of rotatable bonds is 1. The number of ether oxygens (including phenoxy) is 1. The molecule has 0 aromatic heterocycles. The van der Waals surface area contributed by atoms with Gasteiger partial charge in [0.1, 0.15) is 0 Å². The van der Waals surface area contributed by atoms with Crippen molar-refractivity contribution >= 4 is 11.8 Å². The number of esters is 1. The largest absolute Gasteiger partial charge is 0.423 e. The smallest absolute Gasteiger partial charge is 0.312 e. The quantitative estimate of drug-likeness (QED) is 0.725. The molecular weight excluding hydrogens is 240 g/mol. The van der Waals surface area contributed by atoms with Crippen LogP contribution < -0.4 is 0 Å². The zero-order valence-corrected chi connectivity index (χ0v) is 10.9. The van der Waals surface area contributed by atoms with Gasteiger partial charge in [0.15, 0.2) is 11.5 Å². The Hall–Kier alpha value is -1.90. The summed E-state index contributed by atoms with van der Waals surface area (Å²) in [6.45, 7) is 2.03. The Morgan fingerprint density at radius 1 is 1.21 bits per heavy atom. The lowest BCUT2D eigenvalue weighted by atomic mass is 9.80. The van der Waals surface area contributed by atoms with Crippen LogP contribution in [0.25, 0.3) is 0 Å². The summed E-state index contributed by atoms with van der Waals surface area (Å²) < 4.78 is 5.18. The monoisotopic (exact) mass is 256 g/mol. The molecule has 1 atom stereocenters. The van der Waals surface area contributed by atoms with Crippen molar-refractivity contribution in [3.8, 4) is 0 Å². The third-order valence-electron chi connectivity index (χ3n) is 3.85. The van der Waals surface area contributed by atoms with Crippen molar-refractivity contribution in [3.05, 3.63) is 46.7 Å². The number of carbonyl (C=O) groups is 2. The van der Waals surface area contributed by atoms with Crippen molar-refractivity contribution in [1.82, 2.24) is 0 Å². The first kappa shape index (κ1) is 12.2. The van der Waals surface area contributed by atoms with Crippen LogP contribution in [0, 0.1) is 6.92 Å². The van der Waals surface area contributed by atoms with Gasteiger partial charge in [0.05, 0.1) is 6.42 Å². The van der Waals surface area contributed by atoms with Gasteiger partial charge in [-0.05, 0) is 30.9 Å². The molecule has 0 fully saturated rings. The summed E-state index contributed by atoms with van der Waals surface area (Å²) in [4.78, 5) is 23.6. The molecule has 19 heavy (non-hydrogen) atoms. The molecule has 0 N–H and O–H groups in total. The first-order valence-corrected chi connectivity index (χ1v) is 6.68. The fourth-order valence-corrected chi connectivity index (χ4v) is 2.95. The van der Waals surface area contributed by atoms with Crippen LogP contribution in [-0.4, -0.2) is 11.8 Å². The van der Waals surface area contributed by atoms with E-state index in [1.807, 2.05) is 25.1 Å². The van der Waals surface area contributed by atoms with Gasteiger partial charge in [-0.25, -0.2) is 0 Å². The van der Waals surface area contributed by atoms with Gasteiger partial charge in [0.25, 0.3) is 0 Å². The Morgan fingerprint density at radius 3 is 2.84 bits per heavy atom. The first-order valence-electron chi connectivity index (χ1n) is 6.68. The lowest BCUT2D eigenvalue weighted by Crippen LogP contribution is -2.27. The van der Waals surface area contributed by atoms with Gasteiger partial charge in [-0.1, -0.05) is 29.8 Å². The topological polar surface area (TPSA) is 43.4 Å². The Bertz CT molecular complexity index is 583. The maximum absolute atomic E-state index is 11.9. The van der Waals surface area contributed by atoms with E-state index >= 15 is 0 Å². The van der Waals surface area contributed by atoms with Crippen LogP contribution in [-0.2, 0) is 14.3 Å². The van der Waals surface area contributed by atoms with Crippen molar-refractivity contribution < 1.29 is 14.3 Å². The molecule has 98 valence electrons. The third kappa shape index (κ3) is 2.21. The molecule has 3 rings (SSSR count). The van der Waals surface area contributed by atoms with Gasteiger partial charge in [-0.15, -0.1) is 0 Å². The van der Waals surface area contributed by atoms with Crippen molar-refractivity contribution in [2.45, 2.75) is 38.5 Å². The first-order chi connectivity index (χ1) is 9.15. The van der Waals surface area contributed by atoms with Crippen LogP contribution in [0.3, 0.4) is 0 Å². The molecule has 0 unspecified atom stereocenters. The molecule has 1 aliphatic carbocycles. The van der Waals surface area contributed by atoms with Crippen molar-refractivity contribution in [2.75, 3.05) is 0 Å². The van der Waals surface area contributed by atoms with Crippen molar-refractivity contribution in [2.24, 2.45) is 0 Å². The average molecular weight is 256 g/mol. The number of carbonyl (C=O) groups excluding carboxylic acids is 2. The van der Waals surface area contributed by atoms with Crippen LogP contribution >= 0.6 is 0 Å². The molecule has 1 aromatic rings. The molecule has 1 aliphatic heterocycles. The number of allylic oxidation sites excluding steroid dienone is 2. The second-order valence-corrected chi connectivity index (χ2v) is 5.28. The van der Waals surface area contributed by atoms with E-state index in [0.717, 1.165) is 24.0 Å². The standard InChI is InChI=1S/C16H16O3/c1-10-4-2-5-11(8-10)13-9-15(18)19-16-12(13)6-3-7-14(16)17/h2,4-5,8,13H,3,6-7,9H2,1H3/t13-/m1/s1. The second kappa shape index (κ2) is 4.65. The fourth-order valence-electron chi connectivity index (χ4n) is 2.95. The van der Waals surface area contributed by atoms with Gasteiger partial charge in [-0.2, -0.15) is 0 Å². The van der Waals surface area contributed by atoms with Crippen molar-refractivity contribution in [3.63, 3.8) is 0 Å². The van der Waals surface area contributed by atoms with Crippen LogP contribution in [0.1, 0.15) is 42.7 Å². The highest BCUT2D eigenvalue weighted by Crippen LogP contribution is 2.40. The molecule has 0 saturated carbocycles. The van der Waals surface area contributed by atoms with E-state index in [-0.39, 0.29) is 17.7 Å². The molecule has 2 aliphatic rings. The van der Waals surface area contributed by atoms with E-state index in [4.69, 9.17) is 4.74 Å². The molecule has 1 aromatic carbocycles. The van der Waals surface area contributed by atoms with E-state index in [0.29, 0.717) is 18.6 Å². The number of aryl methyl sites for hydroxylation is 1. The minimum atomic E-state index is -0.291. The predicted octanol–water partition coefficient (Wildman–Crippen LogP) is 3.03. The molecule has 1 heterocycles. The summed E-state index contributed by atoms with van der Waals surface area (Å²) in [5.74, 6) is 0.0295. The summed E-state index contributed by atoms with van der Waals surface area (Å²) in [5, 5.41) is 0. The van der Waals surface area contributed by atoms with E-state index in [9.17, 15) is 9.59 Å². The van der Waals surface area contributed by atoms with E-state index in [1.54, 1.807) is 0 Å². The minimum Gasteiger partial charge on any atom is -0.423 e. The van der Waals surface area contributed by atoms with Gasteiger partial charge in [0.2, 0.25) is 0 Å². The Labute approximate surface area is 112 Å². The maximum Gasteiger partial charge on any atom is 0.312 e. The summed E-state index contributed by atoms with van der Waals surface area (Å²) in [7, 11) is 0. The molecule has 0 radical (unpaired) electrons. The lowest BCUT2D eigenvalue weighted by molar-refractivity contribution is -0.144. The number of benzene rings is 1. The number of hydrogen-bond acceptors (Lipinski definition) is 3. The molecule has 3 nitrogen and oxygen atoms in total. The summed E-state index contributed by atoms with van der Waals surface area (Å²) in [6.07, 6.45) is 2.55. The van der Waals surface area contributed by atoms with Crippen molar-refractivity contribution in [1.29, 1.82) is 0 Å². The van der Waals surface area contributed by atoms with Crippen LogP contribution in [0.2, 0.25) is 0 Å². The highest BCUT2D eigenvalue weighted by Gasteiger charge is 2.35. The minimum absolute atomic E-state index is 0.0143. The maximum atomic E-state index is 11.9. The number of ketones is 1. The van der Waals surface area contributed by atoms with Crippen LogP contribution in [0.4, 0.5) is 0 Å². The number of hydrogen-bond donors (Lipinski definition) is 0. The molecule has 0 amide bonds. The van der Waals surface area contributed by atoms with E-state index in [1.165, 1.54) is 5.56 Å². The fraction of sp³-hybridized carbons (Fsp3) is 0.375. The predicted molar refractivity (Wildman–Crippen MR) is 70.5 cm³/mol. The van der Waals surface area contributed by atoms with Crippen LogP contribution in [0.15, 0.2) is 35.6 Å². The Morgan fingerprint density at radius 2 is 2.05 bits per heavy atom. The summed E-state index contributed by atoms with van der Waals surface area (Å²) in [6, 6.07) is 8.15. The van der Waals surface area contributed by atoms with Crippen LogP contribution in [0.5, 0.6) is 0 Å². The normalized spacial score (nSPS) is 23.1.